The fraction of sp³-hybridized carbons (Fsp3) is 0.120. The Kier molecular flexibility index (Phi) is 9.41. The Morgan fingerprint density at radius 3 is 1.60 bits per heavy atom. The quantitative estimate of drug-likeness (QED) is 0.150. The first-order valence-electron chi connectivity index (χ1n) is 18.0. The standard InChI is InChI=1S/C50H46N2/c1-8-42-43(9-2)49(45-26-18-17-25-44(45)48(42)37-28-30-38(31-29-37)50(5,6)7)51(39-21-12-10-13-22-39)41-32-33-47(36(4)34-41)52(40-23-14-11-15-24-40)46-27-19-16-20-35(46)3/h8-34H,1-2H2,3-7H3. The first kappa shape index (κ1) is 34.3. The molecule has 0 aliphatic rings. The van der Waals surface area contributed by atoms with Crippen LogP contribution in [0.25, 0.3) is 34.1 Å². The van der Waals surface area contributed by atoms with Crippen molar-refractivity contribution in [1.82, 2.24) is 0 Å². The second-order valence-electron chi connectivity index (χ2n) is 14.4. The van der Waals surface area contributed by atoms with E-state index in [1.807, 2.05) is 12.2 Å². The lowest BCUT2D eigenvalue weighted by molar-refractivity contribution is 0.590. The molecular formula is C50H46N2. The third-order valence-corrected chi connectivity index (χ3v) is 10.0. The number of anilines is 6. The number of aryl methyl sites for hydroxylation is 2. The zero-order valence-corrected chi connectivity index (χ0v) is 30.9. The molecule has 52 heavy (non-hydrogen) atoms. The maximum Gasteiger partial charge on any atom is 0.0618 e. The second-order valence-corrected chi connectivity index (χ2v) is 14.4. The molecule has 0 spiro atoms. The van der Waals surface area contributed by atoms with Crippen LogP contribution in [0.2, 0.25) is 0 Å². The SMILES string of the molecule is C=Cc1c(C=C)c(N(c2ccccc2)c2ccc(N(c3ccccc3)c3ccccc3C)c(C)c2)c2ccccc2c1-c1ccc(C(C)(C)C)cc1. The summed E-state index contributed by atoms with van der Waals surface area (Å²) in [6, 6.07) is 54.4. The van der Waals surface area contributed by atoms with Gasteiger partial charge < -0.3 is 9.80 Å². The van der Waals surface area contributed by atoms with Crippen LogP contribution in [0.3, 0.4) is 0 Å². The first-order valence-corrected chi connectivity index (χ1v) is 18.0. The Hall–Kier alpha value is -6.12. The van der Waals surface area contributed by atoms with Gasteiger partial charge in [-0.3, -0.25) is 0 Å². The predicted octanol–water partition coefficient (Wildman–Crippen LogP) is 14.6. The highest BCUT2D eigenvalue weighted by atomic mass is 15.2. The highest BCUT2D eigenvalue weighted by molar-refractivity contribution is 6.12. The van der Waals surface area contributed by atoms with Crippen LogP contribution in [0.5, 0.6) is 0 Å². The van der Waals surface area contributed by atoms with Gasteiger partial charge >= 0.3 is 0 Å². The first-order chi connectivity index (χ1) is 25.2. The number of benzene rings is 7. The molecule has 0 unspecified atom stereocenters. The third kappa shape index (κ3) is 6.33. The van der Waals surface area contributed by atoms with Gasteiger partial charge in [-0.2, -0.15) is 0 Å². The maximum absolute atomic E-state index is 4.41. The summed E-state index contributed by atoms with van der Waals surface area (Å²) >= 11 is 0. The van der Waals surface area contributed by atoms with Crippen LogP contribution in [-0.4, -0.2) is 0 Å². The molecule has 0 atom stereocenters. The maximum atomic E-state index is 4.41. The molecule has 0 radical (unpaired) electrons. The zero-order valence-electron chi connectivity index (χ0n) is 30.9. The van der Waals surface area contributed by atoms with E-state index in [2.05, 4.69) is 209 Å². The summed E-state index contributed by atoms with van der Waals surface area (Å²) in [5.41, 5.74) is 14.8. The van der Waals surface area contributed by atoms with Crippen molar-refractivity contribution in [3.63, 3.8) is 0 Å². The minimum Gasteiger partial charge on any atom is -0.310 e. The molecule has 0 aromatic heterocycles. The third-order valence-electron chi connectivity index (χ3n) is 10.0. The Balaban J connectivity index is 1.47. The average Bonchev–Trinajstić information content (AvgIpc) is 3.16. The summed E-state index contributed by atoms with van der Waals surface area (Å²) in [7, 11) is 0. The molecule has 0 aliphatic heterocycles. The Morgan fingerprint density at radius 1 is 0.481 bits per heavy atom. The summed E-state index contributed by atoms with van der Waals surface area (Å²) in [6.45, 7) is 19.9. The summed E-state index contributed by atoms with van der Waals surface area (Å²) in [6.07, 6.45) is 4.00. The number of nitrogens with zero attached hydrogens (tertiary/aromatic N) is 2. The minimum absolute atomic E-state index is 0.0694. The van der Waals surface area contributed by atoms with E-state index in [1.54, 1.807) is 0 Å². The average molecular weight is 675 g/mol. The Bertz CT molecular complexity index is 2380. The molecule has 0 saturated heterocycles. The molecule has 2 nitrogen and oxygen atoms in total. The second kappa shape index (κ2) is 14.2. The lowest BCUT2D eigenvalue weighted by Crippen LogP contribution is -2.15. The number of hydrogen-bond acceptors (Lipinski definition) is 2. The number of hydrogen-bond donors (Lipinski definition) is 0. The van der Waals surface area contributed by atoms with Gasteiger partial charge in [-0.25, -0.2) is 0 Å². The lowest BCUT2D eigenvalue weighted by atomic mass is 9.84. The minimum atomic E-state index is 0.0694. The summed E-state index contributed by atoms with van der Waals surface area (Å²) in [5.74, 6) is 0. The van der Waals surface area contributed by atoms with Crippen LogP contribution in [-0.2, 0) is 5.41 Å². The van der Waals surface area contributed by atoms with Crippen molar-refractivity contribution in [3.05, 3.63) is 193 Å². The van der Waals surface area contributed by atoms with E-state index in [0.29, 0.717) is 0 Å². The van der Waals surface area contributed by atoms with Crippen molar-refractivity contribution >= 4 is 57.0 Å². The topological polar surface area (TPSA) is 6.48 Å². The molecule has 0 heterocycles. The van der Waals surface area contributed by atoms with E-state index in [4.69, 9.17) is 0 Å². The van der Waals surface area contributed by atoms with Crippen LogP contribution < -0.4 is 9.80 Å². The highest BCUT2D eigenvalue weighted by Crippen LogP contribution is 2.49. The highest BCUT2D eigenvalue weighted by Gasteiger charge is 2.25. The predicted molar refractivity (Wildman–Crippen MR) is 227 cm³/mol. The van der Waals surface area contributed by atoms with Crippen molar-refractivity contribution in [2.24, 2.45) is 0 Å². The fourth-order valence-corrected chi connectivity index (χ4v) is 7.38. The van der Waals surface area contributed by atoms with Crippen LogP contribution in [0.15, 0.2) is 165 Å². The molecule has 2 heteroatoms. The van der Waals surface area contributed by atoms with Gasteiger partial charge in [0.2, 0.25) is 0 Å². The molecule has 0 amide bonds. The molecule has 256 valence electrons. The lowest BCUT2D eigenvalue weighted by Gasteiger charge is -2.32. The van der Waals surface area contributed by atoms with Gasteiger partial charge in [0.05, 0.1) is 5.69 Å². The van der Waals surface area contributed by atoms with Crippen LogP contribution >= 0.6 is 0 Å². The summed E-state index contributed by atoms with van der Waals surface area (Å²) in [4.78, 5) is 4.75. The van der Waals surface area contributed by atoms with E-state index < -0.39 is 0 Å². The van der Waals surface area contributed by atoms with E-state index in [-0.39, 0.29) is 5.41 Å². The molecule has 7 rings (SSSR count). The normalized spacial score (nSPS) is 11.3. The molecule has 0 aliphatic carbocycles. The smallest absolute Gasteiger partial charge is 0.0618 e. The Labute approximate surface area is 309 Å². The molecule has 0 N–H and O–H groups in total. The van der Waals surface area contributed by atoms with Crippen molar-refractivity contribution in [2.75, 3.05) is 9.80 Å². The van der Waals surface area contributed by atoms with E-state index in [0.717, 1.165) is 61.8 Å². The van der Waals surface area contributed by atoms with Crippen LogP contribution in [0.1, 0.15) is 48.6 Å². The molecule has 0 fully saturated rings. The molecule has 7 aromatic carbocycles. The van der Waals surface area contributed by atoms with Gasteiger partial charge in [0.1, 0.15) is 0 Å². The van der Waals surface area contributed by atoms with Gasteiger partial charge in [0.25, 0.3) is 0 Å². The number of fused-ring (bicyclic) bond motifs is 1. The largest absolute Gasteiger partial charge is 0.310 e. The van der Waals surface area contributed by atoms with Crippen LogP contribution in [0, 0.1) is 13.8 Å². The van der Waals surface area contributed by atoms with Gasteiger partial charge in [0, 0.05) is 39.4 Å². The van der Waals surface area contributed by atoms with Crippen molar-refractivity contribution in [2.45, 2.75) is 40.0 Å². The van der Waals surface area contributed by atoms with Gasteiger partial charge in [-0.1, -0.05) is 149 Å². The van der Waals surface area contributed by atoms with Gasteiger partial charge in [-0.15, -0.1) is 0 Å². The molecule has 0 bridgehead atoms. The zero-order chi connectivity index (χ0) is 36.4. The van der Waals surface area contributed by atoms with Crippen LogP contribution in [0.4, 0.5) is 34.1 Å². The van der Waals surface area contributed by atoms with Crippen molar-refractivity contribution in [3.8, 4) is 11.1 Å². The van der Waals surface area contributed by atoms with Gasteiger partial charge in [-0.05, 0) is 107 Å². The van der Waals surface area contributed by atoms with E-state index >= 15 is 0 Å². The number of rotatable bonds is 9. The fourth-order valence-electron chi connectivity index (χ4n) is 7.38. The summed E-state index contributed by atoms with van der Waals surface area (Å²) < 4.78 is 0. The van der Waals surface area contributed by atoms with E-state index in [9.17, 15) is 0 Å². The van der Waals surface area contributed by atoms with Crippen molar-refractivity contribution in [1.29, 1.82) is 0 Å². The monoisotopic (exact) mass is 674 g/mol. The Morgan fingerprint density at radius 2 is 1.02 bits per heavy atom. The summed E-state index contributed by atoms with van der Waals surface area (Å²) in [5, 5.41) is 2.32. The molecule has 7 aromatic rings. The van der Waals surface area contributed by atoms with E-state index in [1.165, 1.54) is 22.1 Å². The number of para-hydroxylation sites is 3. The molecular weight excluding hydrogens is 629 g/mol. The van der Waals surface area contributed by atoms with Crippen molar-refractivity contribution < 1.29 is 0 Å². The molecule has 0 saturated carbocycles. The van der Waals surface area contributed by atoms with Gasteiger partial charge in [0.15, 0.2) is 0 Å².